The van der Waals surface area contributed by atoms with Gasteiger partial charge in [0.1, 0.15) is 0 Å². The molecule has 0 saturated heterocycles. The molecule has 1 aliphatic rings. The third-order valence-corrected chi connectivity index (χ3v) is 3.67. The Morgan fingerprint density at radius 1 is 1.15 bits per heavy atom. The zero-order valence-electron chi connectivity index (χ0n) is 11.4. The van der Waals surface area contributed by atoms with Crippen LogP contribution in [0.15, 0.2) is 54.6 Å². The number of hydrazine groups is 1. The van der Waals surface area contributed by atoms with E-state index < -0.39 is 0 Å². The summed E-state index contributed by atoms with van der Waals surface area (Å²) >= 11 is 0. The van der Waals surface area contributed by atoms with Crippen LogP contribution in [0, 0.1) is 0 Å². The van der Waals surface area contributed by atoms with Crippen molar-refractivity contribution in [1.82, 2.24) is 0 Å². The average Bonchev–Trinajstić information content (AvgIpc) is 2.84. The SMILES string of the molecule is C=C(C)C(=O)N(N)c1cccc2c1Cc1ccccc1-2. The summed E-state index contributed by atoms with van der Waals surface area (Å²) in [6, 6.07) is 14.2. The zero-order valence-corrected chi connectivity index (χ0v) is 11.4. The zero-order chi connectivity index (χ0) is 14.3. The summed E-state index contributed by atoms with van der Waals surface area (Å²) in [6.45, 7) is 5.33. The second-order valence-corrected chi connectivity index (χ2v) is 5.09. The van der Waals surface area contributed by atoms with Gasteiger partial charge in [-0.2, -0.15) is 0 Å². The molecule has 3 rings (SSSR count). The minimum absolute atomic E-state index is 0.255. The fourth-order valence-corrected chi connectivity index (χ4v) is 2.68. The molecule has 0 aromatic heterocycles. The van der Waals surface area contributed by atoms with E-state index >= 15 is 0 Å². The van der Waals surface area contributed by atoms with E-state index in [4.69, 9.17) is 5.84 Å². The molecule has 0 spiro atoms. The molecule has 0 aliphatic heterocycles. The molecule has 0 bridgehead atoms. The summed E-state index contributed by atoms with van der Waals surface area (Å²) in [5, 5.41) is 1.20. The number of amides is 1. The maximum absolute atomic E-state index is 12.0. The van der Waals surface area contributed by atoms with Crippen LogP contribution in [-0.2, 0) is 11.2 Å². The van der Waals surface area contributed by atoms with Crippen molar-refractivity contribution in [1.29, 1.82) is 0 Å². The van der Waals surface area contributed by atoms with Crippen molar-refractivity contribution in [3.05, 3.63) is 65.7 Å². The predicted molar refractivity (Wildman–Crippen MR) is 81.2 cm³/mol. The van der Waals surface area contributed by atoms with Crippen molar-refractivity contribution in [2.45, 2.75) is 13.3 Å². The lowest BCUT2D eigenvalue weighted by molar-refractivity contribution is -0.115. The van der Waals surface area contributed by atoms with E-state index in [2.05, 4.69) is 24.8 Å². The molecule has 0 radical (unpaired) electrons. The summed E-state index contributed by atoms with van der Waals surface area (Å²) in [4.78, 5) is 12.0. The Labute approximate surface area is 118 Å². The molecule has 0 unspecified atom stereocenters. The van der Waals surface area contributed by atoms with Crippen LogP contribution in [0.4, 0.5) is 5.69 Å². The lowest BCUT2D eigenvalue weighted by Gasteiger charge is -2.19. The van der Waals surface area contributed by atoms with Gasteiger partial charge in [0.15, 0.2) is 0 Å². The third kappa shape index (κ3) is 1.84. The highest BCUT2D eigenvalue weighted by Gasteiger charge is 2.24. The molecule has 3 nitrogen and oxygen atoms in total. The molecule has 0 fully saturated rings. The molecule has 2 N–H and O–H groups in total. The second-order valence-electron chi connectivity index (χ2n) is 5.09. The molecule has 2 aromatic carbocycles. The van der Waals surface area contributed by atoms with E-state index in [-0.39, 0.29) is 5.91 Å². The number of hydrogen-bond donors (Lipinski definition) is 1. The van der Waals surface area contributed by atoms with Crippen LogP contribution < -0.4 is 10.9 Å². The number of carbonyl (C=O) groups excluding carboxylic acids is 1. The van der Waals surface area contributed by atoms with Gasteiger partial charge >= 0.3 is 0 Å². The van der Waals surface area contributed by atoms with Gasteiger partial charge < -0.3 is 0 Å². The number of carbonyl (C=O) groups is 1. The van der Waals surface area contributed by atoms with Gasteiger partial charge in [-0.3, -0.25) is 4.79 Å². The van der Waals surface area contributed by atoms with Crippen molar-refractivity contribution < 1.29 is 4.79 Å². The number of benzene rings is 2. The third-order valence-electron chi connectivity index (χ3n) is 3.67. The van der Waals surface area contributed by atoms with Gasteiger partial charge in [-0.1, -0.05) is 43.0 Å². The number of hydrogen-bond acceptors (Lipinski definition) is 2. The van der Waals surface area contributed by atoms with Crippen LogP contribution in [0.1, 0.15) is 18.1 Å². The standard InChI is InChI=1S/C17H16N2O/c1-11(2)17(20)19(18)16-9-5-8-14-13-7-4-3-6-12(13)10-15(14)16/h3-9H,1,10,18H2,2H3. The minimum atomic E-state index is -0.255. The second kappa shape index (κ2) is 4.62. The molecule has 0 heterocycles. The van der Waals surface area contributed by atoms with E-state index in [1.807, 2.05) is 24.3 Å². The highest BCUT2D eigenvalue weighted by molar-refractivity contribution is 6.05. The first-order valence-electron chi connectivity index (χ1n) is 6.54. The van der Waals surface area contributed by atoms with Gasteiger partial charge in [0.2, 0.25) is 0 Å². The van der Waals surface area contributed by atoms with Gasteiger partial charge in [-0.25, -0.2) is 10.9 Å². The van der Waals surface area contributed by atoms with Gasteiger partial charge in [-0.15, -0.1) is 0 Å². The Balaban J connectivity index is 2.10. The lowest BCUT2D eigenvalue weighted by Crippen LogP contribution is -2.38. The van der Waals surface area contributed by atoms with Crippen LogP contribution in [0.5, 0.6) is 0 Å². The normalized spacial score (nSPS) is 11.7. The lowest BCUT2D eigenvalue weighted by atomic mass is 10.0. The minimum Gasteiger partial charge on any atom is -0.268 e. The Hall–Kier alpha value is -2.39. The van der Waals surface area contributed by atoms with E-state index in [0.29, 0.717) is 5.57 Å². The number of fused-ring (bicyclic) bond motifs is 3. The van der Waals surface area contributed by atoms with Crippen molar-refractivity contribution in [2.75, 3.05) is 5.01 Å². The van der Waals surface area contributed by atoms with Crippen LogP contribution >= 0.6 is 0 Å². The summed E-state index contributed by atoms with van der Waals surface area (Å²) in [6.07, 6.45) is 0.804. The predicted octanol–water partition coefficient (Wildman–Crippen LogP) is 3.04. The Morgan fingerprint density at radius 3 is 2.60 bits per heavy atom. The van der Waals surface area contributed by atoms with E-state index in [1.54, 1.807) is 6.92 Å². The number of anilines is 1. The summed E-state index contributed by atoms with van der Waals surface area (Å²) < 4.78 is 0. The maximum Gasteiger partial charge on any atom is 0.267 e. The molecule has 1 amide bonds. The van der Waals surface area contributed by atoms with Gasteiger partial charge in [-0.05, 0) is 35.2 Å². The Morgan fingerprint density at radius 2 is 1.85 bits per heavy atom. The van der Waals surface area contributed by atoms with Crippen LogP contribution in [0.2, 0.25) is 0 Å². The quantitative estimate of drug-likeness (QED) is 0.335. The van der Waals surface area contributed by atoms with Crippen LogP contribution in [0.3, 0.4) is 0 Å². The van der Waals surface area contributed by atoms with Crippen molar-refractivity contribution in [3.63, 3.8) is 0 Å². The van der Waals surface area contributed by atoms with Gasteiger partial charge in [0.05, 0.1) is 5.69 Å². The van der Waals surface area contributed by atoms with E-state index in [0.717, 1.165) is 23.2 Å². The molecule has 2 aromatic rings. The summed E-state index contributed by atoms with van der Waals surface area (Å²) in [5.41, 5.74) is 5.94. The van der Waals surface area contributed by atoms with Crippen molar-refractivity contribution >= 4 is 11.6 Å². The monoisotopic (exact) mass is 264 g/mol. The van der Waals surface area contributed by atoms with E-state index in [9.17, 15) is 4.79 Å². The van der Waals surface area contributed by atoms with Crippen molar-refractivity contribution in [2.24, 2.45) is 5.84 Å². The maximum atomic E-state index is 12.0. The average molecular weight is 264 g/mol. The van der Waals surface area contributed by atoms with E-state index in [1.165, 1.54) is 16.1 Å². The largest absolute Gasteiger partial charge is 0.268 e. The van der Waals surface area contributed by atoms with Crippen molar-refractivity contribution in [3.8, 4) is 11.1 Å². The Bertz CT molecular complexity index is 719. The number of nitrogens with zero attached hydrogens (tertiary/aromatic N) is 1. The fraction of sp³-hybridized carbons (Fsp3) is 0.118. The highest BCUT2D eigenvalue weighted by Crippen LogP contribution is 2.40. The molecule has 100 valence electrons. The smallest absolute Gasteiger partial charge is 0.267 e. The molecule has 20 heavy (non-hydrogen) atoms. The van der Waals surface area contributed by atoms with Gasteiger partial charge in [0.25, 0.3) is 5.91 Å². The summed E-state index contributed by atoms with van der Waals surface area (Å²) in [7, 11) is 0. The van der Waals surface area contributed by atoms with Gasteiger partial charge in [0, 0.05) is 12.0 Å². The number of rotatable bonds is 2. The Kier molecular flexibility index (Phi) is 2.92. The summed E-state index contributed by atoms with van der Waals surface area (Å²) in [5.74, 6) is 5.72. The first-order valence-corrected chi connectivity index (χ1v) is 6.54. The highest BCUT2D eigenvalue weighted by atomic mass is 16.2. The molecule has 0 atom stereocenters. The van der Waals surface area contributed by atoms with Crippen LogP contribution in [0.25, 0.3) is 11.1 Å². The topological polar surface area (TPSA) is 46.3 Å². The van der Waals surface area contributed by atoms with Crippen LogP contribution in [-0.4, -0.2) is 5.91 Å². The first kappa shape index (κ1) is 12.6. The molecule has 0 saturated carbocycles. The molecule has 1 aliphatic carbocycles. The molecular weight excluding hydrogens is 248 g/mol. The first-order chi connectivity index (χ1) is 9.59. The number of nitrogens with two attached hydrogens (primary N) is 1. The fourth-order valence-electron chi connectivity index (χ4n) is 2.68. The molecular formula is C17H16N2O. The molecule has 3 heteroatoms.